The number of fused-ring (bicyclic) bond motifs is 2. The van der Waals surface area contributed by atoms with Crippen molar-refractivity contribution in [1.29, 1.82) is 0 Å². The minimum atomic E-state index is -1.74. The summed E-state index contributed by atoms with van der Waals surface area (Å²) in [6, 6.07) is 4.53. The van der Waals surface area contributed by atoms with E-state index in [9.17, 15) is 40.5 Å². The summed E-state index contributed by atoms with van der Waals surface area (Å²) >= 11 is 0. The van der Waals surface area contributed by atoms with Gasteiger partial charge in [-0.1, -0.05) is 0 Å². The zero-order valence-electron chi connectivity index (χ0n) is 15.2. The molecule has 0 aliphatic carbocycles. The minimum Gasteiger partial charge on any atom is -0.507 e. The van der Waals surface area contributed by atoms with Crippen LogP contribution < -0.4 is 10.2 Å². The van der Waals surface area contributed by atoms with Crippen LogP contribution in [-0.2, 0) is 4.74 Å². The van der Waals surface area contributed by atoms with Crippen molar-refractivity contribution >= 4 is 21.9 Å². The monoisotopic (exact) mass is 422 g/mol. The molecule has 0 unspecified atom stereocenters. The van der Waals surface area contributed by atoms with E-state index in [1.165, 1.54) is 6.07 Å². The maximum Gasteiger partial charge on any atom is 0.204 e. The van der Waals surface area contributed by atoms with Gasteiger partial charge in [0.2, 0.25) is 11.2 Å². The number of phenolic OH excluding ortho intramolecular Hbond substituents is 3. The van der Waals surface area contributed by atoms with Gasteiger partial charge in [0, 0.05) is 12.1 Å². The first-order valence-electron chi connectivity index (χ1n) is 8.84. The van der Waals surface area contributed by atoms with Gasteiger partial charge >= 0.3 is 0 Å². The lowest BCUT2D eigenvalue weighted by molar-refractivity contribution is -0.281. The van der Waals surface area contributed by atoms with Gasteiger partial charge in [-0.25, -0.2) is 0 Å². The van der Waals surface area contributed by atoms with Crippen molar-refractivity contribution in [1.82, 2.24) is 0 Å². The molecule has 0 amide bonds. The lowest BCUT2D eigenvalue weighted by Crippen LogP contribution is -2.60. The fourth-order valence-corrected chi connectivity index (χ4v) is 3.40. The van der Waals surface area contributed by atoms with Crippen LogP contribution in [0.3, 0.4) is 0 Å². The predicted octanol–water partition coefficient (Wildman–Crippen LogP) is -0.758. The SMILES string of the molecule is O=c1c2ccc(O)c(O)c2oc2cc(O[C@@H]3[C@@H](O)[C@H](O)O[C@H](CO)[C@H]3O)cc(O)c12. The van der Waals surface area contributed by atoms with Crippen molar-refractivity contribution in [2.75, 3.05) is 6.61 Å². The highest BCUT2D eigenvalue weighted by atomic mass is 16.6. The van der Waals surface area contributed by atoms with Crippen LogP contribution in [0.5, 0.6) is 23.0 Å². The molecule has 5 atom stereocenters. The zero-order chi connectivity index (χ0) is 21.7. The van der Waals surface area contributed by atoms with Crippen molar-refractivity contribution in [2.24, 2.45) is 0 Å². The second-order valence-corrected chi connectivity index (χ2v) is 6.87. The number of phenols is 3. The second kappa shape index (κ2) is 7.31. The molecule has 2 heterocycles. The van der Waals surface area contributed by atoms with E-state index in [0.29, 0.717) is 0 Å². The lowest BCUT2D eigenvalue weighted by atomic mass is 9.99. The number of benzene rings is 2. The second-order valence-electron chi connectivity index (χ2n) is 6.87. The fourth-order valence-electron chi connectivity index (χ4n) is 3.40. The molecule has 4 rings (SSSR count). The van der Waals surface area contributed by atoms with Crippen LogP contribution in [0.1, 0.15) is 0 Å². The summed E-state index contributed by atoms with van der Waals surface area (Å²) in [5.41, 5.74) is -1.20. The molecule has 1 fully saturated rings. The Labute approximate surface area is 167 Å². The third-order valence-electron chi connectivity index (χ3n) is 4.96. The molecule has 0 bridgehead atoms. The number of rotatable bonds is 3. The quantitative estimate of drug-likeness (QED) is 0.207. The van der Waals surface area contributed by atoms with Crippen LogP contribution in [0.25, 0.3) is 21.9 Å². The minimum absolute atomic E-state index is 0.0778. The summed E-state index contributed by atoms with van der Waals surface area (Å²) in [6.07, 6.45) is -7.65. The molecule has 1 aromatic heterocycles. The van der Waals surface area contributed by atoms with Gasteiger partial charge in [-0.05, 0) is 12.1 Å². The number of ether oxygens (including phenoxy) is 2. The Morgan fingerprint density at radius 3 is 2.43 bits per heavy atom. The summed E-state index contributed by atoms with van der Waals surface area (Å²) in [7, 11) is 0. The highest BCUT2D eigenvalue weighted by Crippen LogP contribution is 2.37. The topological polar surface area (TPSA) is 190 Å². The van der Waals surface area contributed by atoms with E-state index in [2.05, 4.69) is 0 Å². The van der Waals surface area contributed by atoms with Gasteiger partial charge in [-0.3, -0.25) is 4.79 Å². The molecule has 1 aliphatic rings. The molecular weight excluding hydrogens is 404 g/mol. The Bertz CT molecular complexity index is 1170. The summed E-state index contributed by atoms with van der Waals surface area (Å²) in [6.45, 7) is -0.655. The first-order chi connectivity index (χ1) is 14.2. The Balaban J connectivity index is 1.82. The van der Waals surface area contributed by atoms with Gasteiger partial charge in [0.05, 0.1) is 12.0 Å². The van der Waals surface area contributed by atoms with Gasteiger partial charge < -0.3 is 49.6 Å². The smallest absolute Gasteiger partial charge is 0.204 e. The van der Waals surface area contributed by atoms with Gasteiger partial charge in [0.25, 0.3) is 0 Å². The van der Waals surface area contributed by atoms with E-state index < -0.39 is 60.0 Å². The number of aliphatic hydroxyl groups is 4. The maximum atomic E-state index is 12.7. The Morgan fingerprint density at radius 2 is 1.73 bits per heavy atom. The fraction of sp³-hybridized carbons (Fsp3) is 0.316. The molecule has 160 valence electrons. The van der Waals surface area contributed by atoms with E-state index in [4.69, 9.17) is 13.9 Å². The van der Waals surface area contributed by atoms with Crippen molar-refractivity contribution in [3.05, 3.63) is 34.5 Å². The van der Waals surface area contributed by atoms with Crippen LogP contribution in [0.4, 0.5) is 0 Å². The highest BCUT2D eigenvalue weighted by molar-refractivity contribution is 5.96. The normalized spacial score (nSPS) is 26.9. The first kappa shape index (κ1) is 20.2. The molecule has 1 saturated heterocycles. The molecular formula is C19H18O11. The molecule has 1 aliphatic heterocycles. The number of aromatic hydroxyl groups is 3. The molecule has 0 radical (unpaired) electrons. The van der Waals surface area contributed by atoms with E-state index >= 15 is 0 Å². The molecule has 11 heteroatoms. The molecule has 30 heavy (non-hydrogen) atoms. The Kier molecular flexibility index (Phi) is 4.92. The van der Waals surface area contributed by atoms with Crippen LogP contribution in [0.15, 0.2) is 33.5 Å². The summed E-state index contributed by atoms with van der Waals surface area (Å²) in [5.74, 6) is -1.88. The zero-order valence-corrected chi connectivity index (χ0v) is 15.2. The highest BCUT2D eigenvalue weighted by Gasteiger charge is 2.45. The van der Waals surface area contributed by atoms with E-state index in [1.807, 2.05) is 0 Å². The van der Waals surface area contributed by atoms with Crippen molar-refractivity contribution in [3.8, 4) is 23.0 Å². The van der Waals surface area contributed by atoms with Crippen molar-refractivity contribution in [3.63, 3.8) is 0 Å². The summed E-state index contributed by atoms with van der Waals surface area (Å²) in [4.78, 5) is 12.7. The van der Waals surface area contributed by atoms with E-state index in [1.54, 1.807) is 0 Å². The predicted molar refractivity (Wildman–Crippen MR) is 99.4 cm³/mol. The van der Waals surface area contributed by atoms with Gasteiger partial charge in [0.1, 0.15) is 40.8 Å². The van der Waals surface area contributed by atoms with Crippen LogP contribution >= 0.6 is 0 Å². The number of aliphatic hydroxyl groups excluding tert-OH is 4. The van der Waals surface area contributed by atoms with Crippen LogP contribution in [0, 0.1) is 0 Å². The van der Waals surface area contributed by atoms with E-state index in [-0.39, 0.29) is 27.7 Å². The summed E-state index contributed by atoms with van der Waals surface area (Å²) < 4.78 is 15.8. The van der Waals surface area contributed by atoms with Gasteiger partial charge in [0.15, 0.2) is 23.7 Å². The van der Waals surface area contributed by atoms with Gasteiger partial charge in [-0.2, -0.15) is 0 Å². The molecule has 0 saturated carbocycles. The first-order valence-corrected chi connectivity index (χ1v) is 8.84. The molecule has 0 spiro atoms. The Morgan fingerprint density at radius 1 is 1.00 bits per heavy atom. The third kappa shape index (κ3) is 3.09. The standard InChI is InChI=1S/C19H18O11/c20-5-11-15(25)18(16(26)19(27)30-11)28-6-3-9(22)12-10(4-6)29-17-7(13(12)23)1-2-8(21)14(17)24/h1-4,11,15-16,18-22,24-27H,5H2/t11-,15-,16-,18+,19-/m1/s1. The molecule has 3 aromatic rings. The van der Waals surface area contributed by atoms with Gasteiger partial charge in [-0.15, -0.1) is 0 Å². The largest absolute Gasteiger partial charge is 0.507 e. The lowest BCUT2D eigenvalue weighted by Gasteiger charge is -2.39. The van der Waals surface area contributed by atoms with Crippen LogP contribution in [0.2, 0.25) is 0 Å². The van der Waals surface area contributed by atoms with Crippen molar-refractivity contribution < 1.29 is 49.6 Å². The Hall–Kier alpha value is -3.09. The molecule has 11 nitrogen and oxygen atoms in total. The average molecular weight is 422 g/mol. The summed E-state index contributed by atoms with van der Waals surface area (Å²) in [5, 5.41) is 69.0. The van der Waals surface area contributed by atoms with Crippen LogP contribution in [-0.4, -0.2) is 73.1 Å². The maximum absolute atomic E-state index is 12.7. The number of hydrogen-bond donors (Lipinski definition) is 7. The number of hydrogen-bond acceptors (Lipinski definition) is 11. The van der Waals surface area contributed by atoms with Crippen molar-refractivity contribution in [2.45, 2.75) is 30.7 Å². The van der Waals surface area contributed by atoms with E-state index in [0.717, 1.165) is 18.2 Å². The molecule has 7 N–H and O–H groups in total. The third-order valence-corrected chi connectivity index (χ3v) is 4.96. The molecule has 2 aromatic carbocycles. The average Bonchev–Trinajstić information content (AvgIpc) is 2.71.